The van der Waals surface area contributed by atoms with Crippen LogP contribution in [-0.2, 0) is 15.8 Å². The molecule has 1 heterocycles. The maximum atomic E-state index is 13.0. The first kappa shape index (κ1) is 18.3. The Bertz CT molecular complexity index is 885. The van der Waals surface area contributed by atoms with Crippen LogP contribution in [0.1, 0.15) is 59.8 Å². The average Bonchev–Trinajstić information content (AvgIpc) is 2.77. The summed E-state index contributed by atoms with van der Waals surface area (Å²) in [6.45, 7) is 10.2. The molecule has 0 radical (unpaired) electrons. The lowest BCUT2D eigenvalue weighted by Gasteiger charge is -2.24. The summed E-state index contributed by atoms with van der Waals surface area (Å²) in [6, 6.07) is 11.0. The number of Topliss-reactive ketones (excluding diaryl/α,β-unsaturated/α-hetero) is 1. The summed E-state index contributed by atoms with van der Waals surface area (Å²) in [6.07, 6.45) is -0.271. The predicted molar refractivity (Wildman–Crippen MR) is 103 cm³/mol. The zero-order valence-corrected chi connectivity index (χ0v) is 15.9. The number of amides is 1. The second kappa shape index (κ2) is 6.06. The van der Waals surface area contributed by atoms with Gasteiger partial charge in [-0.2, -0.15) is 0 Å². The Labute approximate surface area is 154 Å². The summed E-state index contributed by atoms with van der Waals surface area (Å²) in [5.41, 5.74) is 2.67. The molecule has 4 heteroatoms. The van der Waals surface area contributed by atoms with E-state index in [1.807, 2.05) is 26.0 Å². The van der Waals surface area contributed by atoms with Crippen molar-refractivity contribution >= 4 is 17.4 Å². The Morgan fingerprint density at radius 1 is 1.12 bits per heavy atom. The second-order valence-electron chi connectivity index (χ2n) is 8.19. The molecule has 1 amide bonds. The molecule has 1 atom stereocenters. The fourth-order valence-corrected chi connectivity index (χ4v) is 3.63. The smallest absolute Gasteiger partial charge is 0.261 e. The number of benzene rings is 2. The molecule has 3 rings (SSSR count). The molecule has 2 aromatic rings. The van der Waals surface area contributed by atoms with Crippen LogP contribution in [0.4, 0.5) is 5.69 Å². The standard InChI is InChI=1S/C22H25NO3/c1-13-10-15(21(3,4)5)11-14(2)19(13)18(24)12-22(26)16-8-6-7-9-17(16)23-20(22)25/h6-11,26H,12H2,1-5H3,(H,23,25)/t22-/m0/s1. The number of aliphatic hydroxyl groups is 1. The van der Waals surface area contributed by atoms with Crippen molar-refractivity contribution in [3.05, 3.63) is 64.2 Å². The van der Waals surface area contributed by atoms with Gasteiger partial charge in [0.25, 0.3) is 5.91 Å². The van der Waals surface area contributed by atoms with Crippen LogP contribution in [0.5, 0.6) is 0 Å². The third-order valence-corrected chi connectivity index (χ3v) is 5.09. The SMILES string of the molecule is Cc1cc(C(C)(C)C)cc(C)c1C(=O)C[C@@]1(O)C(=O)Nc2ccccc21. The predicted octanol–water partition coefficient (Wildman–Crippen LogP) is 4.01. The molecule has 0 bridgehead atoms. The first-order valence-electron chi connectivity index (χ1n) is 8.82. The number of fused-ring (bicyclic) bond motifs is 1. The number of para-hydroxylation sites is 1. The normalized spacial score (nSPS) is 19.2. The fourth-order valence-electron chi connectivity index (χ4n) is 3.63. The van der Waals surface area contributed by atoms with Gasteiger partial charge in [0.05, 0.1) is 6.42 Å². The van der Waals surface area contributed by atoms with E-state index in [1.165, 1.54) is 0 Å². The van der Waals surface area contributed by atoms with E-state index in [4.69, 9.17) is 0 Å². The minimum Gasteiger partial charge on any atom is -0.375 e. The number of rotatable bonds is 3. The highest BCUT2D eigenvalue weighted by Crippen LogP contribution is 2.39. The topological polar surface area (TPSA) is 66.4 Å². The van der Waals surface area contributed by atoms with Crippen molar-refractivity contribution in [1.29, 1.82) is 0 Å². The van der Waals surface area contributed by atoms with Gasteiger partial charge in [0.2, 0.25) is 0 Å². The van der Waals surface area contributed by atoms with Gasteiger partial charge in [0.1, 0.15) is 0 Å². The van der Waals surface area contributed by atoms with E-state index in [1.54, 1.807) is 24.3 Å². The maximum absolute atomic E-state index is 13.0. The lowest BCUT2D eigenvalue weighted by atomic mass is 9.81. The van der Waals surface area contributed by atoms with Gasteiger partial charge in [-0.05, 0) is 42.0 Å². The maximum Gasteiger partial charge on any atom is 0.261 e. The largest absolute Gasteiger partial charge is 0.375 e. The van der Waals surface area contributed by atoms with E-state index in [0.29, 0.717) is 16.8 Å². The van der Waals surface area contributed by atoms with Gasteiger partial charge in [-0.15, -0.1) is 0 Å². The molecule has 0 aromatic heterocycles. The van der Waals surface area contributed by atoms with Crippen LogP contribution < -0.4 is 5.32 Å². The van der Waals surface area contributed by atoms with E-state index in [-0.39, 0.29) is 17.6 Å². The molecule has 2 N–H and O–H groups in total. The van der Waals surface area contributed by atoms with Crippen molar-refractivity contribution < 1.29 is 14.7 Å². The molecular formula is C22H25NO3. The van der Waals surface area contributed by atoms with Crippen LogP contribution in [0.25, 0.3) is 0 Å². The molecule has 1 aliphatic rings. The fraction of sp³-hybridized carbons (Fsp3) is 0.364. The van der Waals surface area contributed by atoms with E-state index in [9.17, 15) is 14.7 Å². The molecule has 0 aliphatic carbocycles. The lowest BCUT2D eigenvalue weighted by molar-refractivity contribution is -0.133. The summed E-state index contributed by atoms with van der Waals surface area (Å²) in [4.78, 5) is 25.4. The number of hydrogen-bond acceptors (Lipinski definition) is 3. The molecule has 136 valence electrons. The minimum atomic E-state index is -1.82. The summed E-state index contributed by atoms with van der Waals surface area (Å²) in [5, 5.41) is 13.6. The van der Waals surface area contributed by atoms with Crippen molar-refractivity contribution in [3.63, 3.8) is 0 Å². The molecule has 0 unspecified atom stereocenters. The third kappa shape index (κ3) is 2.95. The van der Waals surface area contributed by atoms with Crippen LogP contribution >= 0.6 is 0 Å². The van der Waals surface area contributed by atoms with E-state index < -0.39 is 11.5 Å². The molecule has 0 fully saturated rings. The van der Waals surface area contributed by atoms with Gasteiger partial charge in [-0.25, -0.2) is 0 Å². The highest BCUT2D eigenvalue weighted by Gasteiger charge is 2.46. The van der Waals surface area contributed by atoms with Crippen molar-refractivity contribution in [3.8, 4) is 0 Å². The van der Waals surface area contributed by atoms with E-state index >= 15 is 0 Å². The van der Waals surface area contributed by atoms with Crippen molar-refractivity contribution in [2.45, 2.75) is 52.1 Å². The molecule has 0 saturated carbocycles. The second-order valence-corrected chi connectivity index (χ2v) is 8.19. The molecule has 1 aliphatic heterocycles. The number of ketones is 1. The number of anilines is 1. The van der Waals surface area contributed by atoms with Gasteiger partial charge in [0, 0.05) is 16.8 Å². The first-order valence-corrected chi connectivity index (χ1v) is 8.82. The van der Waals surface area contributed by atoms with Crippen LogP contribution in [-0.4, -0.2) is 16.8 Å². The first-order chi connectivity index (χ1) is 12.0. The summed E-state index contributed by atoms with van der Waals surface area (Å²) in [7, 11) is 0. The van der Waals surface area contributed by atoms with Crippen LogP contribution in [0.3, 0.4) is 0 Å². The molecule has 0 spiro atoms. The number of hydrogen-bond donors (Lipinski definition) is 2. The van der Waals surface area contributed by atoms with Gasteiger partial charge < -0.3 is 10.4 Å². The third-order valence-electron chi connectivity index (χ3n) is 5.09. The average molecular weight is 351 g/mol. The monoisotopic (exact) mass is 351 g/mol. The Hall–Kier alpha value is -2.46. The quantitative estimate of drug-likeness (QED) is 0.821. The Kier molecular flexibility index (Phi) is 4.27. The van der Waals surface area contributed by atoms with Crippen molar-refractivity contribution in [1.82, 2.24) is 0 Å². The summed E-state index contributed by atoms with van der Waals surface area (Å²) in [5.74, 6) is -0.775. The number of carbonyl (C=O) groups excluding carboxylic acids is 2. The van der Waals surface area contributed by atoms with Crippen molar-refractivity contribution in [2.24, 2.45) is 0 Å². The Morgan fingerprint density at radius 2 is 1.69 bits per heavy atom. The molecule has 0 saturated heterocycles. The minimum absolute atomic E-state index is 0.0143. The number of carbonyl (C=O) groups is 2. The number of aryl methyl sites for hydroxylation is 2. The van der Waals surface area contributed by atoms with Crippen LogP contribution in [0.2, 0.25) is 0 Å². The summed E-state index contributed by atoms with van der Waals surface area (Å²) >= 11 is 0. The van der Waals surface area contributed by atoms with E-state index in [0.717, 1.165) is 16.7 Å². The highest BCUT2D eigenvalue weighted by atomic mass is 16.3. The Balaban J connectivity index is 1.98. The molecular weight excluding hydrogens is 326 g/mol. The van der Waals surface area contributed by atoms with Crippen LogP contribution in [0.15, 0.2) is 36.4 Å². The number of nitrogens with one attached hydrogen (secondary N) is 1. The zero-order chi connectivity index (χ0) is 19.3. The molecule has 4 nitrogen and oxygen atoms in total. The van der Waals surface area contributed by atoms with Crippen molar-refractivity contribution in [2.75, 3.05) is 5.32 Å². The van der Waals surface area contributed by atoms with Gasteiger partial charge in [-0.1, -0.05) is 51.1 Å². The zero-order valence-electron chi connectivity index (χ0n) is 15.9. The Morgan fingerprint density at radius 3 is 2.27 bits per heavy atom. The lowest BCUT2D eigenvalue weighted by Crippen LogP contribution is -2.36. The highest BCUT2D eigenvalue weighted by molar-refractivity contribution is 6.10. The molecule has 26 heavy (non-hydrogen) atoms. The van der Waals surface area contributed by atoms with E-state index in [2.05, 4.69) is 26.1 Å². The summed E-state index contributed by atoms with van der Waals surface area (Å²) < 4.78 is 0. The van der Waals surface area contributed by atoms with Gasteiger partial charge in [0.15, 0.2) is 11.4 Å². The van der Waals surface area contributed by atoms with Crippen LogP contribution in [0, 0.1) is 13.8 Å². The van der Waals surface area contributed by atoms with Gasteiger partial charge in [-0.3, -0.25) is 9.59 Å². The van der Waals surface area contributed by atoms with Gasteiger partial charge >= 0.3 is 0 Å². The molecule has 2 aromatic carbocycles.